The van der Waals surface area contributed by atoms with Crippen LogP contribution >= 0.6 is 11.6 Å². The summed E-state index contributed by atoms with van der Waals surface area (Å²) in [6.07, 6.45) is 0. The Labute approximate surface area is 191 Å². The van der Waals surface area contributed by atoms with Crippen molar-refractivity contribution in [2.45, 2.75) is 0 Å². The first-order valence-electron chi connectivity index (χ1n) is 10.3. The van der Waals surface area contributed by atoms with E-state index in [1.165, 1.54) is 0 Å². The molecule has 1 fully saturated rings. The van der Waals surface area contributed by atoms with E-state index in [0.29, 0.717) is 48.1 Å². The van der Waals surface area contributed by atoms with Crippen molar-refractivity contribution in [2.75, 3.05) is 37.7 Å². The maximum Gasteiger partial charge on any atom is 0.260 e. The van der Waals surface area contributed by atoms with Gasteiger partial charge in [0.05, 0.1) is 5.69 Å². The Bertz CT molecular complexity index is 1090. The summed E-state index contributed by atoms with van der Waals surface area (Å²) in [7, 11) is 0. The van der Waals surface area contributed by atoms with E-state index in [2.05, 4.69) is 4.90 Å². The second kappa shape index (κ2) is 9.75. The molecule has 3 aromatic rings. The molecule has 32 heavy (non-hydrogen) atoms. The van der Waals surface area contributed by atoms with Crippen molar-refractivity contribution in [1.29, 1.82) is 0 Å². The van der Waals surface area contributed by atoms with Crippen molar-refractivity contribution in [3.8, 4) is 11.5 Å². The fourth-order valence-electron chi connectivity index (χ4n) is 3.64. The number of anilines is 1. The predicted octanol–water partition coefficient (Wildman–Crippen LogP) is 4.00. The summed E-state index contributed by atoms with van der Waals surface area (Å²) in [6.45, 7) is 2.34. The molecule has 0 unspecified atom stereocenters. The molecule has 164 valence electrons. The average molecular weight is 451 g/mol. The zero-order valence-electron chi connectivity index (χ0n) is 17.4. The number of ether oxygens (including phenoxy) is 1. The molecule has 0 atom stereocenters. The van der Waals surface area contributed by atoms with Crippen molar-refractivity contribution in [1.82, 2.24) is 4.90 Å². The first-order chi connectivity index (χ1) is 15.5. The van der Waals surface area contributed by atoms with Crippen molar-refractivity contribution >= 4 is 29.0 Å². The molecule has 0 spiro atoms. The summed E-state index contributed by atoms with van der Waals surface area (Å²) in [5, 5.41) is 10.6. The van der Waals surface area contributed by atoms with Gasteiger partial charge in [-0.25, -0.2) is 0 Å². The van der Waals surface area contributed by atoms with Gasteiger partial charge in [0.25, 0.3) is 5.91 Å². The first-order valence-corrected chi connectivity index (χ1v) is 10.7. The number of para-hydroxylation sites is 2. The molecule has 1 heterocycles. The molecule has 0 bridgehead atoms. The van der Waals surface area contributed by atoms with Gasteiger partial charge in [-0.2, -0.15) is 0 Å². The Hall–Kier alpha value is -3.51. The van der Waals surface area contributed by atoms with Gasteiger partial charge in [0.1, 0.15) is 11.5 Å². The van der Waals surface area contributed by atoms with Crippen LogP contribution < -0.4 is 9.64 Å². The molecule has 1 aliphatic rings. The molecule has 1 aliphatic heterocycles. The van der Waals surface area contributed by atoms with Crippen LogP contribution in [0.2, 0.25) is 5.02 Å². The molecular weight excluding hydrogens is 428 g/mol. The molecule has 1 amide bonds. The third-order valence-electron chi connectivity index (χ3n) is 5.44. The number of carbonyl (C=O) groups is 2. The largest absolute Gasteiger partial charge is 0.506 e. The number of halogens is 1. The van der Waals surface area contributed by atoms with E-state index in [-0.39, 0.29) is 24.0 Å². The Morgan fingerprint density at radius 3 is 2.06 bits per heavy atom. The number of ketones is 1. The first kappa shape index (κ1) is 21.7. The number of carbonyl (C=O) groups excluding carboxylic acids is 2. The molecule has 0 saturated carbocycles. The lowest BCUT2D eigenvalue weighted by Gasteiger charge is -2.36. The number of hydrogen-bond acceptors (Lipinski definition) is 5. The van der Waals surface area contributed by atoms with Crippen LogP contribution in [0.15, 0.2) is 72.8 Å². The highest BCUT2D eigenvalue weighted by atomic mass is 35.5. The van der Waals surface area contributed by atoms with Gasteiger partial charge in [-0.05, 0) is 60.7 Å². The van der Waals surface area contributed by atoms with Crippen molar-refractivity contribution in [2.24, 2.45) is 0 Å². The van der Waals surface area contributed by atoms with Crippen LogP contribution in [0.1, 0.15) is 15.9 Å². The van der Waals surface area contributed by atoms with Crippen molar-refractivity contribution in [3.05, 3.63) is 88.9 Å². The molecule has 0 radical (unpaired) electrons. The van der Waals surface area contributed by atoms with Gasteiger partial charge in [-0.15, -0.1) is 0 Å². The van der Waals surface area contributed by atoms with Gasteiger partial charge in [0.15, 0.2) is 12.4 Å². The zero-order valence-corrected chi connectivity index (χ0v) is 18.2. The number of rotatable bonds is 6. The molecule has 0 aromatic heterocycles. The highest BCUT2D eigenvalue weighted by Crippen LogP contribution is 2.27. The SMILES string of the molecule is O=C(c1ccc(Cl)cc1)c1ccc(OCC(=O)N2CCN(c3ccccc3O)CC2)cc1. The number of piperazine rings is 1. The predicted molar refractivity (Wildman–Crippen MR) is 124 cm³/mol. The van der Waals surface area contributed by atoms with Gasteiger partial charge in [-0.1, -0.05) is 23.7 Å². The maximum absolute atomic E-state index is 12.5. The molecule has 4 rings (SSSR count). The Morgan fingerprint density at radius 2 is 1.44 bits per heavy atom. The van der Waals surface area contributed by atoms with E-state index in [9.17, 15) is 14.7 Å². The van der Waals surface area contributed by atoms with Crippen LogP contribution in [-0.2, 0) is 4.79 Å². The van der Waals surface area contributed by atoms with E-state index < -0.39 is 0 Å². The topological polar surface area (TPSA) is 70.1 Å². The second-order valence-corrected chi connectivity index (χ2v) is 7.94. The number of amides is 1. The minimum absolute atomic E-state index is 0.0684. The number of aromatic hydroxyl groups is 1. The molecule has 1 N–H and O–H groups in total. The lowest BCUT2D eigenvalue weighted by Crippen LogP contribution is -2.50. The van der Waals surface area contributed by atoms with Crippen LogP contribution in [0.3, 0.4) is 0 Å². The van der Waals surface area contributed by atoms with E-state index in [4.69, 9.17) is 16.3 Å². The number of benzene rings is 3. The quantitative estimate of drug-likeness (QED) is 0.575. The summed E-state index contributed by atoms with van der Waals surface area (Å²) in [4.78, 5) is 28.9. The normalized spacial score (nSPS) is 13.7. The van der Waals surface area contributed by atoms with E-state index in [1.54, 1.807) is 65.6 Å². The van der Waals surface area contributed by atoms with E-state index in [1.807, 2.05) is 12.1 Å². The minimum atomic E-state index is -0.105. The molecule has 0 aliphatic carbocycles. The number of nitrogens with zero attached hydrogens (tertiary/aromatic N) is 2. The summed E-state index contributed by atoms with van der Waals surface area (Å²) in [5.74, 6) is 0.572. The minimum Gasteiger partial charge on any atom is -0.506 e. The van der Waals surface area contributed by atoms with Crippen LogP contribution in [0, 0.1) is 0 Å². The lowest BCUT2D eigenvalue weighted by molar-refractivity contribution is -0.133. The fourth-order valence-corrected chi connectivity index (χ4v) is 3.76. The van der Waals surface area contributed by atoms with Gasteiger partial charge in [-0.3, -0.25) is 9.59 Å². The summed E-state index contributed by atoms with van der Waals surface area (Å²) in [6, 6.07) is 20.7. The summed E-state index contributed by atoms with van der Waals surface area (Å²) >= 11 is 5.87. The number of phenols is 1. The molecule has 7 heteroatoms. The average Bonchev–Trinajstić information content (AvgIpc) is 2.83. The number of phenolic OH excluding ortho intramolecular Hbond substituents is 1. The molecular formula is C25H23ClN2O4. The fraction of sp³-hybridized carbons (Fsp3) is 0.200. The van der Waals surface area contributed by atoms with Gasteiger partial charge in [0.2, 0.25) is 0 Å². The number of hydrogen-bond donors (Lipinski definition) is 1. The van der Waals surface area contributed by atoms with Gasteiger partial charge < -0.3 is 19.6 Å². The summed E-state index contributed by atoms with van der Waals surface area (Å²) in [5.41, 5.74) is 1.87. The summed E-state index contributed by atoms with van der Waals surface area (Å²) < 4.78 is 5.63. The second-order valence-electron chi connectivity index (χ2n) is 7.51. The lowest BCUT2D eigenvalue weighted by atomic mass is 10.0. The third kappa shape index (κ3) is 5.03. The van der Waals surface area contributed by atoms with Gasteiger partial charge in [0, 0.05) is 42.3 Å². The van der Waals surface area contributed by atoms with E-state index in [0.717, 1.165) is 5.69 Å². The van der Waals surface area contributed by atoms with Crippen LogP contribution in [0.25, 0.3) is 0 Å². The standard InChI is InChI=1S/C25H23ClN2O4/c26-20-9-5-18(6-10-20)25(31)19-7-11-21(12-8-19)32-17-24(30)28-15-13-27(14-16-28)22-3-1-2-4-23(22)29/h1-12,29H,13-17H2. The highest BCUT2D eigenvalue weighted by Gasteiger charge is 2.22. The van der Waals surface area contributed by atoms with Crippen LogP contribution in [0.4, 0.5) is 5.69 Å². The van der Waals surface area contributed by atoms with Crippen LogP contribution in [0.5, 0.6) is 11.5 Å². The van der Waals surface area contributed by atoms with Crippen molar-refractivity contribution in [3.63, 3.8) is 0 Å². The zero-order chi connectivity index (χ0) is 22.5. The maximum atomic E-state index is 12.5. The molecule has 3 aromatic carbocycles. The Morgan fingerprint density at radius 1 is 0.844 bits per heavy atom. The Balaban J connectivity index is 1.27. The molecule has 6 nitrogen and oxygen atoms in total. The smallest absolute Gasteiger partial charge is 0.260 e. The molecule has 1 saturated heterocycles. The highest BCUT2D eigenvalue weighted by molar-refractivity contribution is 6.30. The third-order valence-corrected chi connectivity index (χ3v) is 5.69. The van der Waals surface area contributed by atoms with Crippen molar-refractivity contribution < 1.29 is 19.4 Å². The monoisotopic (exact) mass is 450 g/mol. The van der Waals surface area contributed by atoms with Crippen LogP contribution in [-0.4, -0.2) is 54.5 Å². The Kier molecular flexibility index (Phi) is 6.61. The van der Waals surface area contributed by atoms with Gasteiger partial charge >= 0.3 is 0 Å². The van der Waals surface area contributed by atoms with E-state index >= 15 is 0 Å².